The van der Waals surface area contributed by atoms with Gasteiger partial charge in [-0.1, -0.05) is 71.5 Å². The van der Waals surface area contributed by atoms with Crippen molar-refractivity contribution in [3.05, 3.63) is 66.2 Å². The number of rotatable bonds is 3. The number of nitrogens with zero attached hydrogens (tertiary/aromatic N) is 4. The molecule has 0 unspecified atom stereocenters. The molecule has 24 heavy (non-hydrogen) atoms. The van der Waals surface area contributed by atoms with Crippen molar-refractivity contribution in [2.45, 2.75) is 6.92 Å². The number of nitrogens with two attached hydrogens (primary N) is 1. The van der Waals surface area contributed by atoms with E-state index in [9.17, 15) is 0 Å². The molecule has 0 bridgehead atoms. The highest BCUT2D eigenvalue weighted by Gasteiger charge is 2.13. The van der Waals surface area contributed by atoms with Crippen molar-refractivity contribution in [2.24, 2.45) is 0 Å². The van der Waals surface area contributed by atoms with Gasteiger partial charge in [-0.05, 0) is 6.92 Å². The van der Waals surface area contributed by atoms with E-state index in [1.807, 2.05) is 48.5 Å². The molecule has 118 valence electrons. The Hall–Kier alpha value is -2.99. The van der Waals surface area contributed by atoms with Gasteiger partial charge in [-0.25, -0.2) is 0 Å². The van der Waals surface area contributed by atoms with Crippen molar-refractivity contribution in [2.75, 3.05) is 5.73 Å². The zero-order valence-electron chi connectivity index (χ0n) is 13.0. The van der Waals surface area contributed by atoms with E-state index in [4.69, 9.17) is 5.73 Å². The third-order valence-corrected chi connectivity index (χ3v) is 4.65. The van der Waals surface area contributed by atoms with Crippen LogP contribution in [0.3, 0.4) is 0 Å². The van der Waals surface area contributed by atoms with Gasteiger partial charge in [0.1, 0.15) is 10.8 Å². The molecular formula is C18H15N5S. The average molecular weight is 333 g/mol. The molecule has 4 rings (SSSR count). The Morgan fingerprint density at radius 1 is 0.917 bits per heavy atom. The van der Waals surface area contributed by atoms with Crippen LogP contribution >= 0.6 is 11.3 Å². The molecule has 0 fully saturated rings. The lowest BCUT2D eigenvalue weighted by molar-refractivity contribution is 0.859. The Kier molecular flexibility index (Phi) is 3.59. The number of nitrogen functional groups attached to an aromatic ring is 1. The Labute approximate surface area is 143 Å². The van der Waals surface area contributed by atoms with Gasteiger partial charge in [0.2, 0.25) is 5.13 Å². The van der Waals surface area contributed by atoms with Gasteiger partial charge in [0.15, 0.2) is 0 Å². The Morgan fingerprint density at radius 3 is 2.42 bits per heavy atom. The third-order valence-electron chi connectivity index (χ3n) is 3.70. The van der Waals surface area contributed by atoms with Gasteiger partial charge in [-0.3, -0.25) is 0 Å². The number of benzene rings is 2. The van der Waals surface area contributed by atoms with Gasteiger partial charge >= 0.3 is 0 Å². The molecule has 2 heterocycles. The van der Waals surface area contributed by atoms with Crippen molar-refractivity contribution >= 4 is 17.2 Å². The highest BCUT2D eigenvalue weighted by atomic mass is 32.1. The molecule has 0 spiro atoms. The molecule has 0 atom stereocenters. The molecule has 0 radical (unpaired) electrons. The monoisotopic (exact) mass is 333 g/mol. The lowest BCUT2D eigenvalue weighted by atomic mass is 10.2. The summed E-state index contributed by atoms with van der Waals surface area (Å²) in [5.74, 6) is 0.542. The van der Waals surface area contributed by atoms with Crippen LogP contribution in [0.25, 0.3) is 27.0 Å². The minimum absolute atomic E-state index is 0.542. The summed E-state index contributed by atoms with van der Waals surface area (Å²) >= 11 is 1.47. The molecule has 0 aliphatic rings. The molecule has 0 aliphatic heterocycles. The summed E-state index contributed by atoms with van der Waals surface area (Å²) in [4.78, 5) is 0. The van der Waals surface area contributed by atoms with Crippen LogP contribution in [0.2, 0.25) is 0 Å². The Bertz CT molecular complexity index is 970. The third kappa shape index (κ3) is 2.68. The molecule has 0 aliphatic carbocycles. The van der Waals surface area contributed by atoms with Crippen LogP contribution in [0.5, 0.6) is 0 Å². The highest BCUT2D eigenvalue weighted by Crippen LogP contribution is 2.28. The van der Waals surface area contributed by atoms with Crippen molar-refractivity contribution in [1.82, 2.24) is 20.0 Å². The zero-order chi connectivity index (χ0) is 16.5. The molecule has 5 nitrogen and oxygen atoms in total. The van der Waals surface area contributed by atoms with Crippen LogP contribution in [0.15, 0.2) is 60.7 Å². The SMILES string of the molecule is Cc1ccc(-c2nnc(-n3nc(-c4ccccc4)cc3N)s2)cc1. The average Bonchev–Trinajstić information content (AvgIpc) is 3.23. The molecule has 2 N–H and O–H groups in total. The molecule has 2 aromatic carbocycles. The van der Waals surface area contributed by atoms with Crippen LogP contribution < -0.4 is 5.73 Å². The number of hydrogen-bond acceptors (Lipinski definition) is 5. The predicted molar refractivity (Wildman–Crippen MR) is 97.1 cm³/mol. The predicted octanol–water partition coefficient (Wildman–Crippen LogP) is 3.95. The molecular weight excluding hydrogens is 318 g/mol. The summed E-state index contributed by atoms with van der Waals surface area (Å²) in [5, 5.41) is 14.6. The van der Waals surface area contributed by atoms with Crippen molar-refractivity contribution in [1.29, 1.82) is 0 Å². The second-order valence-corrected chi connectivity index (χ2v) is 6.44. The van der Waals surface area contributed by atoms with Crippen LogP contribution in [0, 0.1) is 6.92 Å². The first-order chi connectivity index (χ1) is 11.7. The fourth-order valence-electron chi connectivity index (χ4n) is 2.41. The van der Waals surface area contributed by atoms with Gasteiger partial charge < -0.3 is 5.73 Å². The molecule has 6 heteroatoms. The maximum atomic E-state index is 6.12. The molecule has 0 amide bonds. The van der Waals surface area contributed by atoms with Crippen LogP contribution in [0.4, 0.5) is 5.82 Å². The van der Waals surface area contributed by atoms with E-state index in [0.717, 1.165) is 21.8 Å². The smallest absolute Gasteiger partial charge is 0.235 e. The van der Waals surface area contributed by atoms with Gasteiger partial charge in [0, 0.05) is 17.2 Å². The quantitative estimate of drug-likeness (QED) is 0.616. The van der Waals surface area contributed by atoms with Gasteiger partial charge in [0.05, 0.1) is 5.69 Å². The van der Waals surface area contributed by atoms with E-state index >= 15 is 0 Å². The summed E-state index contributed by atoms with van der Waals surface area (Å²) in [7, 11) is 0. The van der Waals surface area contributed by atoms with Gasteiger partial charge in [0.25, 0.3) is 0 Å². The van der Waals surface area contributed by atoms with E-state index in [0.29, 0.717) is 10.9 Å². The van der Waals surface area contributed by atoms with Crippen LogP contribution in [0.1, 0.15) is 5.56 Å². The maximum absolute atomic E-state index is 6.12. The fraction of sp³-hybridized carbons (Fsp3) is 0.0556. The summed E-state index contributed by atoms with van der Waals surface area (Å²) in [6.07, 6.45) is 0. The standard InChI is InChI=1S/C18H15N5S/c1-12-7-9-14(10-8-12)17-20-21-18(24-17)23-16(19)11-15(22-23)13-5-3-2-4-6-13/h2-11H,19H2,1H3. The summed E-state index contributed by atoms with van der Waals surface area (Å²) < 4.78 is 1.64. The second-order valence-electron chi connectivity index (χ2n) is 5.49. The Balaban J connectivity index is 1.70. The Morgan fingerprint density at radius 2 is 1.67 bits per heavy atom. The maximum Gasteiger partial charge on any atom is 0.235 e. The van der Waals surface area contributed by atoms with E-state index in [-0.39, 0.29) is 0 Å². The van der Waals surface area contributed by atoms with E-state index in [1.165, 1.54) is 16.9 Å². The summed E-state index contributed by atoms with van der Waals surface area (Å²) in [6, 6.07) is 20.0. The topological polar surface area (TPSA) is 69.6 Å². The van der Waals surface area contributed by atoms with E-state index < -0.39 is 0 Å². The lowest BCUT2D eigenvalue weighted by Gasteiger charge is -1.97. The lowest BCUT2D eigenvalue weighted by Crippen LogP contribution is -2.01. The number of aryl methyl sites for hydroxylation is 1. The number of aromatic nitrogens is 4. The zero-order valence-corrected chi connectivity index (χ0v) is 13.9. The highest BCUT2D eigenvalue weighted by molar-refractivity contribution is 7.17. The van der Waals surface area contributed by atoms with Crippen molar-refractivity contribution in [3.8, 4) is 27.0 Å². The molecule has 4 aromatic rings. The van der Waals surface area contributed by atoms with E-state index in [2.05, 4.69) is 34.4 Å². The minimum Gasteiger partial charge on any atom is -0.383 e. The first kappa shape index (κ1) is 14.6. The van der Waals surface area contributed by atoms with Crippen molar-refractivity contribution < 1.29 is 0 Å². The van der Waals surface area contributed by atoms with Gasteiger partial charge in [-0.2, -0.15) is 9.78 Å². The van der Waals surface area contributed by atoms with Gasteiger partial charge in [-0.15, -0.1) is 10.2 Å². The van der Waals surface area contributed by atoms with Crippen molar-refractivity contribution in [3.63, 3.8) is 0 Å². The van der Waals surface area contributed by atoms with Crippen LogP contribution in [-0.2, 0) is 0 Å². The molecule has 0 saturated heterocycles. The number of hydrogen-bond donors (Lipinski definition) is 1. The largest absolute Gasteiger partial charge is 0.383 e. The summed E-state index contributed by atoms with van der Waals surface area (Å²) in [6.45, 7) is 2.06. The first-order valence-corrected chi connectivity index (χ1v) is 8.34. The first-order valence-electron chi connectivity index (χ1n) is 7.52. The fourth-order valence-corrected chi connectivity index (χ4v) is 3.24. The molecule has 0 saturated carbocycles. The summed E-state index contributed by atoms with van der Waals surface area (Å²) in [5.41, 5.74) is 10.2. The number of anilines is 1. The second kappa shape index (κ2) is 5.90. The minimum atomic E-state index is 0.542. The molecule has 2 aromatic heterocycles. The van der Waals surface area contributed by atoms with Crippen LogP contribution in [-0.4, -0.2) is 20.0 Å². The normalized spacial score (nSPS) is 10.9. The van der Waals surface area contributed by atoms with E-state index in [1.54, 1.807) is 4.68 Å².